The van der Waals surface area contributed by atoms with Gasteiger partial charge in [-0.2, -0.15) is 0 Å². The Morgan fingerprint density at radius 2 is 2.56 bits per heavy atom. The van der Waals surface area contributed by atoms with Crippen molar-refractivity contribution in [3.8, 4) is 0 Å². The number of rotatable bonds is 1. The number of amides is 1. The molecule has 1 amide bonds. The predicted molar refractivity (Wildman–Crippen MR) is 35.7 cm³/mol. The van der Waals surface area contributed by atoms with Crippen molar-refractivity contribution in [3.05, 3.63) is 12.8 Å². The number of hydrogen-bond donors (Lipinski definition) is 0. The first-order valence-electron chi connectivity index (χ1n) is 3.18. The zero-order valence-corrected chi connectivity index (χ0v) is 5.63. The van der Waals surface area contributed by atoms with Crippen LogP contribution >= 0.6 is 0 Å². The molecule has 0 saturated carbocycles. The molecule has 9 heavy (non-hydrogen) atoms. The average molecular weight is 125 g/mol. The van der Waals surface area contributed by atoms with E-state index in [1.807, 2.05) is 6.92 Å². The van der Waals surface area contributed by atoms with Crippen LogP contribution in [0.3, 0.4) is 0 Å². The molecule has 1 saturated heterocycles. The Hall–Kier alpha value is -0.790. The molecule has 0 aliphatic carbocycles. The van der Waals surface area contributed by atoms with Gasteiger partial charge < -0.3 is 4.90 Å². The molecule has 1 fully saturated rings. The monoisotopic (exact) mass is 125 g/mol. The Bertz CT molecular complexity index is 142. The standard InChI is InChI=1S/C7H11NO/c1-3-8-5-4-6(2)7(8)9/h3,6H,1,4-5H2,2H3/t6-/m0/s1. The summed E-state index contributed by atoms with van der Waals surface area (Å²) in [6, 6.07) is 0. The third-order valence-electron chi connectivity index (χ3n) is 1.73. The molecule has 2 nitrogen and oxygen atoms in total. The van der Waals surface area contributed by atoms with Gasteiger partial charge in [0.1, 0.15) is 0 Å². The molecule has 0 bridgehead atoms. The van der Waals surface area contributed by atoms with Gasteiger partial charge in [-0.25, -0.2) is 0 Å². The number of carbonyl (C=O) groups is 1. The van der Waals surface area contributed by atoms with Gasteiger partial charge in [-0.15, -0.1) is 0 Å². The van der Waals surface area contributed by atoms with Gasteiger partial charge >= 0.3 is 0 Å². The maximum Gasteiger partial charge on any atom is 0.229 e. The molecule has 0 aromatic carbocycles. The van der Waals surface area contributed by atoms with Crippen LogP contribution in [0.2, 0.25) is 0 Å². The second-order valence-electron chi connectivity index (χ2n) is 2.40. The first-order valence-corrected chi connectivity index (χ1v) is 3.18. The number of hydrogen-bond acceptors (Lipinski definition) is 1. The second-order valence-corrected chi connectivity index (χ2v) is 2.40. The molecule has 0 radical (unpaired) electrons. The lowest BCUT2D eigenvalue weighted by atomic mass is 10.1. The second kappa shape index (κ2) is 2.21. The van der Waals surface area contributed by atoms with Crippen molar-refractivity contribution in [2.75, 3.05) is 6.54 Å². The molecular weight excluding hydrogens is 114 g/mol. The van der Waals surface area contributed by atoms with Crippen LogP contribution in [0, 0.1) is 5.92 Å². The number of likely N-dealkylation sites (tertiary alicyclic amines) is 1. The SMILES string of the molecule is C=CN1CC[C@H](C)C1=O. The Balaban J connectivity index is 2.61. The zero-order chi connectivity index (χ0) is 6.85. The van der Waals surface area contributed by atoms with Gasteiger partial charge in [0.25, 0.3) is 0 Å². The quantitative estimate of drug-likeness (QED) is 0.512. The van der Waals surface area contributed by atoms with Crippen molar-refractivity contribution in [2.24, 2.45) is 5.92 Å². The maximum atomic E-state index is 11.0. The van der Waals surface area contributed by atoms with Crippen LogP contribution in [0.25, 0.3) is 0 Å². The van der Waals surface area contributed by atoms with Gasteiger partial charge in [0.15, 0.2) is 0 Å². The van der Waals surface area contributed by atoms with Crippen molar-refractivity contribution in [2.45, 2.75) is 13.3 Å². The molecule has 0 N–H and O–H groups in total. The van der Waals surface area contributed by atoms with Crippen molar-refractivity contribution >= 4 is 5.91 Å². The minimum Gasteiger partial charge on any atom is -0.319 e. The van der Waals surface area contributed by atoms with E-state index in [0.29, 0.717) is 0 Å². The highest BCUT2D eigenvalue weighted by Gasteiger charge is 2.25. The lowest BCUT2D eigenvalue weighted by molar-refractivity contribution is -0.128. The summed E-state index contributed by atoms with van der Waals surface area (Å²) in [5.41, 5.74) is 0. The minimum absolute atomic E-state index is 0.211. The molecule has 1 atom stereocenters. The van der Waals surface area contributed by atoms with E-state index in [1.165, 1.54) is 0 Å². The van der Waals surface area contributed by atoms with Crippen LogP contribution in [0.4, 0.5) is 0 Å². The summed E-state index contributed by atoms with van der Waals surface area (Å²) < 4.78 is 0. The zero-order valence-electron chi connectivity index (χ0n) is 5.63. The van der Waals surface area contributed by atoms with E-state index in [4.69, 9.17) is 0 Å². The largest absolute Gasteiger partial charge is 0.319 e. The molecule has 1 heterocycles. The molecule has 0 spiro atoms. The summed E-state index contributed by atoms with van der Waals surface area (Å²) >= 11 is 0. The molecule has 1 rings (SSSR count). The van der Waals surface area contributed by atoms with E-state index in [0.717, 1.165) is 13.0 Å². The fraction of sp³-hybridized carbons (Fsp3) is 0.571. The molecule has 1 aliphatic rings. The number of carbonyl (C=O) groups excluding carboxylic acids is 1. The van der Waals surface area contributed by atoms with Gasteiger partial charge in [-0.05, 0) is 12.6 Å². The molecule has 0 unspecified atom stereocenters. The molecule has 2 heteroatoms. The minimum atomic E-state index is 0.211. The van der Waals surface area contributed by atoms with Crippen LogP contribution in [-0.4, -0.2) is 17.4 Å². The van der Waals surface area contributed by atoms with Gasteiger partial charge in [0, 0.05) is 12.5 Å². The first-order chi connectivity index (χ1) is 4.25. The summed E-state index contributed by atoms with van der Waals surface area (Å²) in [5.74, 6) is 0.424. The fourth-order valence-corrected chi connectivity index (χ4v) is 1.03. The van der Waals surface area contributed by atoms with Crippen molar-refractivity contribution in [1.29, 1.82) is 0 Å². The van der Waals surface area contributed by atoms with E-state index in [2.05, 4.69) is 6.58 Å². The third kappa shape index (κ3) is 0.969. The Kier molecular flexibility index (Phi) is 1.56. The normalized spacial score (nSPS) is 27.0. The molecule has 0 aromatic heterocycles. The van der Waals surface area contributed by atoms with Crippen molar-refractivity contribution < 1.29 is 4.79 Å². The Labute approximate surface area is 55.2 Å². The highest BCUT2D eigenvalue weighted by atomic mass is 16.2. The Morgan fingerprint density at radius 1 is 1.89 bits per heavy atom. The molecule has 1 aliphatic heterocycles. The molecular formula is C7H11NO. The Morgan fingerprint density at radius 3 is 2.78 bits per heavy atom. The van der Waals surface area contributed by atoms with E-state index in [-0.39, 0.29) is 11.8 Å². The van der Waals surface area contributed by atoms with Gasteiger partial charge in [-0.3, -0.25) is 4.79 Å². The van der Waals surface area contributed by atoms with E-state index < -0.39 is 0 Å². The number of nitrogens with zero attached hydrogens (tertiary/aromatic N) is 1. The van der Waals surface area contributed by atoms with Crippen LogP contribution in [0.15, 0.2) is 12.8 Å². The average Bonchev–Trinajstić information content (AvgIpc) is 2.15. The smallest absolute Gasteiger partial charge is 0.229 e. The van der Waals surface area contributed by atoms with Gasteiger partial charge in [0.2, 0.25) is 5.91 Å². The molecule has 50 valence electrons. The highest BCUT2D eigenvalue weighted by molar-refractivity contribution is 5.81. The first kappa shape index (κ1) is 6.33. The van der Waals surface area contributed by atoms with Crippen LogP contribution < -0.4 is 0 Å². The van der Waals surface area contributed by atoms with Crippen LogP contribution in [-0.2, 0) is 4.79 Å². The molecule has 0 aromatic rings. The van der Waals surface area contributed by atoms with Crippen molar-refractivity contribution in [1.82, 2.24) is 4.90 Å². The summed E-state index contributed by atoms with van der Waals surface area (Å²) in [6.07, 6.45) is 2.58. The van der Waals surface area contributed by atoms with Crippen LogP contribution in [0.1, 0.15) is 13.3 Å². The van der Waals surface area contributed by atoms with E-state index in [1.54, 1.807) is 11.1 Å². The fourth-order valence-electron chi connectivity index (χ4n) is 1.03. The lowest BCUT2D eigenvalue weighted by Gasteiger charge is -2.07. The third-order valence-corrected chi connectivity index (χ3v) is 1.73. The maximum absolute atomic E-state index is 11.0. The predicted octanol–water partition coefficient (Wildman–Crippen LogP) is 0.998. The van der Waals surface area contributed by atoms with Crippen molar-refractivity contribution in [3.63, 3.8) is 0 Å². The lowest BCUT2D eigenvalue weighted by Crippen LogP contribution is -2.19. The van der Waals surface area contributed by atoms with E-state index >= 15 is 0 Å². The summed E-state index contributed by atoms with van der Waals surface area (Å²) in [7, 11) is 0. The summed E-state index contributed by atoms with van der Waals surface area (Å²) in [4.78, 5) is 12.7. The summed E-state index contributed by atoms with van der Waals surface area (Å²) in [6.45, 7) is 6.33. The van der Waals surface area contributed by atoms with Gasteiger partial charge in [-0.1, -0.05) is 13.5 Å². The van der Waals surface area contributed by atoms with E-state index in [9.17, 15) is 4.79 Å². The summed E-state index contributed by atoms with van der Waals surface area (Å²) in [5, 5.41) is 0. The van der Waals surface area contributed by atoms with Crippen LogP contribution in [0.5, 0.6) is 0 Å². The highest BCUT2D eigenvalue weighted by Crippen LogP contribution is 2.16. The van der Waals surface area contributed by atoms with Gasteiger partial charge in [0.05, 0.1) is 0 Å². The topological polar surface area (TPSA) is 20.3 Å².